The highest BCUT2D eigenvalue weighted by Crippen LogP contribution is 2.50. The highest BCUT2D eigenvalue weighted by Gasteiger charge is 2.43. The number of ether oxygens (including phenoxy) is 1. The SMILES string of the molecule is CC(C)=C/C=C/C(C)=C/C=C/C=C(C)/C=C/C=C(C)/C=C/C1=C(C)C(=O)C(OP(=O)(O)OC[C@H](O)[C@H]2OC(=O)C([O-])=C2O)CC1(C)C. The summed E-state index contributed by atoms with van der Waals surface area (Å²) in [5.74, 6) is -4.22. The molecule has 10 nitrogen and oxygen atoms in total. The fraction of sp³-hybridized carbons (Fsp3) is 0.389. The van der Waals surface area contributed by atoms with Crippen molar-refractivity contribution >= 4 is 19.6 Å². The molecular weight excluding hydrogens is 623 g/mol. The lowest BCUT2D eigenvalue weighted by molar-refractivity contribution is -0.303. The molecule has 0 bridgehead atoms. The van der Waals surface area contributed by atoms with Gasteiger partial charge in [-0.1, -0.05) is 109 Å². The summed E-state index contributed by atoms with van der Waals surface area (Å²) in [6.45, 7) is 14.5. The molecule has 3 N–H and O–H groups in total. The monoisotopic (exact) mass is 669 g/mol. The van der Waals surface area contributed by atoms with Crippen LogP contribution in [0.25, 0.3) is 0 Å². The molecule has 4 atom stereocenters. The van der Waals surface area contributed by atoms with Gasteiger partial charge in [0.05, 0.1) is 6.61 Å². The van der Waals surface area contributed by atoms with Crippen LogP contribution in [0, 0.1) is 5.41 Å². The van der Waals surface area contributed by atoms with Crippen molar-refractivity contribution in [1.29, 1.82) is 0 Å². The molecule has 2 aliphatic rings. The highest BCUT2D eigenvalue weighted by molar-refractivity contribution is 7.47. The minimum absolute atomic E-state index is 0.0727. The molecule has 1 heterocycles. The molecule has 0 saturated heterocycles. The van der Waals surface area contributed by atoms with Gasteiger partial charge in [0.25, 0.3) is 0 Å². The number of phosphoric ester groups is 1. The zero-order chi connectivity index (χ0) is 35.5. The van der Waals surface area contributed by atoms with E-state index in [0.29, 0.717) is 5.57 Å². The van der Waals surface area contributed by atoms with Gasteiger partial charge in [-0.15, -0.1) is 0 Å². The number of ketones is 1. The van der Waals surface area contributed by atoms with E-state index in [4.69, 9.17) is 9.05 Å². The summed E-state index contributed by atoms with van der Waals surface area (Å²) in [6, 6.07) is 0. The van der Waals surface area contributed by atoms with Gasteiger partial charge in [-0.05, 0) is 64.5 Å². The number of aliphatic hydroxyl groups excluding tert-OH is 2. The van der Waals surface area contributed by atoms with Gasteiger partial charge in [0.15, 0.2) is 11.9 Å². The van der Waals surface area contributed by atoms with Crippen molar-refractivity contribution in [2.45, 2.75) is 80.1 Å². The van der Waals surface area contributed by atoms with Crippen LogP contribution >= 0.6 is 7.82 Å². The Morgan fingerprint density at radius 1 is 0.979 bits per heavy atom. The minimum Gasteiger partial charge on any atom is -0.865 e. The van der Waals surface area contributed by atoms with Gasteiger partial charge in [0.2, 0.25) is 0 Å². The van der Waals surface area contributed by atoms with Crippen LogP contribution < -0.4 is 5.11 Å². The van der Waals surface area contributed by atoms with E-state index in [2.05, 4.69) is 30.7 Å². The van der Waals surface area contributed by atoms with Crippen molar-refractivity contribution in [2.75, 3.05) is 6.61 Å². The Labute approximate surface area is 277 Å². The van der Waals surface area contributed by atoms with Crippen LogP contribution in [0.3, 0.4) is 0 Å². The maximum atomic E-state index is 13.1. The first-order chi connectivity index (χ1) is 21.8. The summed E-state index contributed by atoms with van der Waals surface area (Å²) in [6.07, 6.45) is 19.0. The molecular formula is C36H46O10P-. The molecule has 0 amide bonds. The number of aliphatic hydroxyl groups is 2. The van der Waals surface area contributed by atoms with Crippen LogP contribution in [0.2, 0.25) is 0 Å². The van der Waals surface area contributed by atoms with Crippen LogP contribution in [0.5, 0.6) is 0 Å². The number of carbonyl (C=O) groups is 2. The molecule has 1 aliphatic carbocycles. The quantitative estimate of drug-likeness (QED) is 0.109. The summed E-state index contributed by atoms with van der Waals surface area (Å²) in [7, 11) is -4.89. The minimum atomic E-state index is -4.89. The molecule has 11 heteroatoms. The maximum absolute atomic E-state index is 13.1. The molecule has 0 aromatic carbocycles. The second kappa shape index (κ2) is 17.4. The number of esters is 1. The Hall–Kier alpha value is -3.79. The number of carbonyl (C=O) groups excluding carboxylic acids is 2. The first-order valence-electron chi connectivity index (χ1n) is 15.1. The Kier molecular flexibility index (Phi) is 14.6. The van der Waals surface area contributed by atoms with E-state index in [0.717, 1.165) is 22.3 Å². The van der Waals surface area contributed by atoms with Gasteiger partial charge in [-0.2, -0.15) is 0 Å². The standard InChI is InChI=1S/C36H47O10P/c1-23(2)13-11-16-24(3)14-9-10-15-25(4)17-12-18-26(5)19-20-28-27(6)31(38)30(21-36(28,7)8)46-47(42,43)44-22-29(37)34-32(39)33(40)35(41)45-34/h9-20,29-30,34,37,39-40H,21-22H2,1-8H3,(H,42,43)/p-1/b10-9+,16-11+,17-12+,20-19+,24-14+,25-15+,26-18+/t29-,30?,34+/m0/s1. The smallest absolute Gasteiger partial charge is 0.472 e. The summed E-state index contributed by atoms with van der Waals surface area (Å²) in [4.78, 5) is 34.6. The van der Waals surface area contributed by atoms with E-state index in [1.807, 2.05) is 95.4 Å². The lowest BCUT2D eigenvalue weighted by atomic mass is 9.71. The fourth-order valence-corrected chi connectivity index (χ4v) is 5.59. The van der Waals surface area contributed by atoms with Crippen LogP contribution in [-0.4, -0.2) is 51.8 Å². The summed E-state index contributed by atoms with van der Waals surface area (Å²) >= 11 is 0. The van der Waals surface area contributed by atoms with Crippen LogP contribution in [-0.2, 0) is 27.9 Å². The number of Topliss-reactive ketones (excluding diaryl/α,β-unsaturated/α-hetero) is 1. The van der Waals surface area contributed by atoms with E-state index in [-0.39, 0.29) is 6.42 Å². The van der Waals surface area contributed by atoms with Crippen molar-refractivity contribution in [3.05, 3.63) is 118 Å². The largest absolute Gasteiger partial charge is 0.865 e. The van der Waals surface area contributed by atoms with Crippen molar-refractivity contribution in [2.24, 2.45) is 5.41 Å². The molecule has 47 heavy (non-hydrogen) atoms. The van der Waals surface area contributed by atoms with Gasteiger partial charge >= 0.3 is 13.8 Å². The van der Waals surface area contributed by atoms with Crippen molar-refractivity contribution in [3.63, 3.8) is 0 Å². The predicted octanol–water partition coefficient (Wildman–Crippen LogP) is 6.25. The topological polar surface area (TPSA) is 163 Å². The molecule has 0 saturated carbocycles. The number of hydrogen-bond acceptors (Lipinski definition) is 9. The molecule has 0 spiro atoms. The van der Waals surface area contributed by atoms with Crippen LogP contribution in [0.15, 0.2) is 118 Å². The maximum Gasteiger partial charge on any atom is 0.472 e. The summed E-state index contributed by atoms with van der Waals surface area (Å²) in [5.41, 5.74) is 4.90. The zero-order valence-corrected chi connectivity index (χ0v) is 29.1. The van der Waals surface area contributed by atoms with Gasteiger partial charge < -0.3 is 24.9 Å². The van der Waals surface area contributed by atoms with E-state index < -0.39 is 61.4 Å². The number of allylic oxidation sites excluding steroid dienone is 17. The number of rotatable bonds is 14. The van der Waals surface area contributed by atoms with E-state index in [1.54, 1.807) is 6.92 Å². The van der Waals surface area contributed by atoms with Crippen LogP contribution in [0.1, 0.15) is 61.8 Å². The van der Waals surface area contributed by atoms with Gasteiger partial charge in [0, 0.05) is 5.76 Å². The zero-order valence-electron chi connectivity index (χ0n) is 28.2. The number of phosphoric acid groups is 1. The van der Waals surface area contributed by atoms with Gasteiger partial charge in [-0.3, -0.25) is 13.8 Å². The molecule has 0 aromatic heterocycles. The molecule has 2 unspecified atom stereocenters. The molecule has 1 aliphatic heterocycles. The number of cyclic esters (lactones) is 1. The third kappa shape index (κ3) is 12.4. The Bertz CT molecular complexity index is 1550. The lowest BCUT2D eigenvalue weighted by Gasteiger charge is -2.36. The van der Waals surface area contributed by atoms with E-state index in [1.165, 1.54) is 5.57 Å². The Morgan fingerprint density at radius 2 is 1.51 bits per heavy atom. The predicted molar refractivity (Wildman–Crippen MR) is 180 cm³/mol. The molecule has 0 fully saturated rings. The van der Waals surface area contributed by atoms with Crippen molar-refractivity contribution < 1.29 is 48.2 Å². The van der Waals surface area contributed by atoms with Gasteiger partial charge in [-0.25, -0.2) is 9.36 Å². The fourth-order valence-electron chi connectivity index (χ4n) is 4.69. The second-order valence-electron chi connectivity index (χ2n) is 12.4. The average molecular weight is 670 g/mol. The average Bonchev–Trinajstić information content (AvgIpc) is 3.23. The normalized spacial score (nSPS) is 23.5. The summed E-state index contributed by atoms with van der Waals surface area (Å²) in [5, 5.41) is 31.1. The Balaban J connectivity index is 2.02. The van der Waals surface area contributed by atoms with Crippen LogP contribution in [0.4, 0.5) is 0 Å². The molecule has 2 rings (SSSR count). The summed E-state index contributed by atoms with van der Waals surface area (Å²) < 4.78 is 27.1. The van der Waals surface area contributed by atoms with Gasteiger partial charge in [0.1, 0.15) is 18.0 Å². The third-order valence-electron chi connectivity index (χ3n) is 7.28. The first-order valence-corrected chi connectivity index (χ1v) is 16.6. The van der Waals surface area contributed by atoms with E-state index in [9.17, 15) is 34.4 Å². The lowest BCUT2D eigenvalue weighted by Crippen LogP contribution is -2.37. The first kappa shape index (κ1) is 39.4. The third-order valence-corrected chi connectivity index (χ3v) is 8.28. The van der Waals surface area contributed by atoms with E-state index >= 15 is 0 Å². The Morgan fingerprint density at radius 3 is 2.04 bits per heavy atom. The molecule has 0 aromatic rings. The van der Waals surface area contributed by atoms with Crippen molar-refractivity contribution in [1.82, 2.24) is 0 Å². The van der Waals surface area contributed by atoms with Crippen molar-refractivity contribution in [3.8, 4) is 0 Å². The molecule has 0 radical (unpaired) electrons. The molecule has 256 valence electrons. The second-order valence-corrected chi connectivity index (χ2v) is 13.8. The number of hydrogen-bond donors (Lipinski definition) is 3. The highest BCUT2D eigenvalue weighted by atomic mass is 31.2.